The van der Waals surface area contributed by atoms with Gasteiger partial charge in [0.15, 0.2) is 0 Å². The van der Waals surface area contributed by atoms with E-state index in [0.717, 1.165) is 11.9 Å². The minimum absolute atomic E-state index is 0.0951. The van der Waals surface area contributed by atoms with E-state index < -0.39 is 0 Å². The van der Waals surface area contributed by atoms with Gasteiger partial charge in [0.2, 0.25) is 0 Å². The Balaban J connectivity index is 1.83. The summed E-state index contributed by atoms with van der Waals surface area (Å²) in [7, 11) is 0. The van der Waals surface area contributed by atoms with Gasteiger partial charge in [-0.1, -0.05) is 84.0 Å². The minimum Gasteiger partial charge on any atom is -0.308 e. The topological polar surface area (TPSA) is 17.3 Å². The van der Waals surface area contributed by atoms with Crippen molar-refractivity contribution in [3.05, 3.63) is 84.1 Å². The number of aromatic nitrogens is 2. The van der Waals surface area contributed by atoms with Crippen molar-refractivity contribution in [1.82, 2.24) is 9.38 Å². The fourth-order valence-electron chi connectivity index (χ4n) is 6.23. The lowest BCUT2D eigenvalue weighted by molar-refractivity contribution is 0.413. The molecule has 0 aliphatic rings. The van der Waals surface area contributed by atoms with Gasteiger partial charge in [-0.3, -0.25) is 4.98 Å². The maximum atomic E-state index is 5.02. The molecule has 2 nitrogen and oxygen atoms in total. The van der Waals surface area contributed by atoms with Crippen molar-refractivity contribution < 1.29 is 0 Å². The van der Waals surface area contributed by atoms with Gasteiger partial charge in [-0.05, 0) is 68.8 Å². The summed E-state index contributed by atoms with van der Waals surface area (Å²) in [6.07, 6.45) is 2.97. The van der Waals surface area contributed by atoms with E-state index in [1.165, 1.54) is 65.4 Å². The number of rotatable bonds is 1. The molecule has 0 aliphatic carbocycles. The second kappa shape index (κ2) is 6.97. The van der Waals surface area contributed by atoms with Gasteiger partial charge in [0, 0.05) is 27.7 Å². The van der Waals surface area contributed by atoms with Crippen LogP contribution >= 0.6 is 0 Å². The average Bonchev–Trinajstić information content (AvgIpc) is 3.16. The van der Waals surface area contributed by atoms with Gasteiger partial charge in [0.1, 0.15) is 0 Å². The number of hydrogen-bond donors (Lipinski definition) is 0. The predicted molar refractivity (Wildman–Crippen MR) is 156 cm³/mol. The Hall–Kier alpha value is -3.65. The Kier molecular flexibility index (Phi) is 4.19. The molecule has 0 spiro atoms. The van der Waals surface area contributed by atoms with Crippen LogP contribution in [0.1, 0.15) is 52.7 Å². The van der Waals surface area contributed by atoms with E-state index in [1.807, 2.05) is 6.20 Å². The van der Waals surface area contributed by atoms with Gasteiger partial charge in [-0.25, -0.2) is 0 Å². The second-order valence-corrected chi connectivity index (χ2v) is 12.7. The predicted octanol–water partition coefficient (Wildman–Crippen LogP) is 9.42. The highest BCUT2D eigenvalue weighted by Gasteiger charge is 2.25. The van der Waals surface area contributed by atoms with Crippen molar-refractivity contribution in [2.45, 2.75) is 53.4 Å². The third-order valence-corrected chi connectivity index (χ3v) is 7.83. The molecule has 3 heterocycles. The standard InChI is InChI=1S/C34H32N2/c1-33(2,3)19-27-23-10-8-7-9-21(23)17-26-30-29-20(15-16-35-30)11-13-24-25-18-22(34(4,5)6)12-14-28(25)36(31(26)27)32(24)29/h7-18H,19H2,1-6H3. The zero-order valence-corrected chi connectivity index (χ0v) is 22.0. The SMILES string of the molecule is CC(C)(C)Cc1c2ccccc2cc2c3nccc4ccc5c6cc(C(C)(C)C)ccc6n(c12)c5c43. The minimum atomic E-state index is 0.0951. The van der Waals surface area contributed by atoms with Crippen molar-refractivity contribution in [3.8, 4) is 0 Å². The third-order valence-electron chi connectivity index (χ3n) is 7.83. The Morgan fingerprint density at radius 3 is 2.28 bits per heavy atom. The number of pyridine rings is 2. The van der Waals surface area contributed by atoms with Crippen molar-refractivity contribution in [2.24, 2.45) is 5.41 Å². The van der Waals surface area contributed by atoms with E-state index in [0.29, 0.717) is 0 Å². The number of fused-ring (bicyclic) bond motifs is 7. The molecule has 0 saturated heterocycles. The number of benzene rings is 4. The molecule has 0 saturated carbocycles. The fourth-order valence-corrected chi connectivity index (χ4v) is 6.23. The average molecular weight is 469 g/mol. The van der Waals surface area contributed by atoms with Crippen LogP contribution in [-0.2, 0) is 11.8 Å². The normalized spacial score (nSPS) is 13.4. The monoisotopic (exact) mass is 468 g/mol. The summed E-state index contributed by atoms with van der Waals surface area (Å²) in [4.78, 5) is 5.02. The fraction of sp³-hybridized carbons (Fsp3) is 0.265. The molecule has 3 aromatic heterocycles. The molecule has 0 bridgehead atoms. The number of hydrogen-bond acceptors (Lipinski definition) is 1. The van der Waals surface area contributed by atoms with Gasteiger partial charge in [0.05, 0.1) is 22.1 Å². The first kappa shape index (κ1) is 21.6. The van der Waals surface area contributed by atoms with Gasteiger partial charge in [0.25, 0.3) is 0 Å². The first-order valence-electron chi connectivity index (χ1n) is 13.0. The van der Waals surface area contributed by atoms with Crippen molar-refractivity contribution in [3.63, 3.8) is 0 Å². The summed E-state index contributed by atoms with van der Waals surface area (Å²) in [5, 5.41) is 9.05. The highest BCUT2D eigenvalue weighted by molar-refractivity contribution is 6.28. The van der Waals surface area contributed by atoms with Crippen LogP contribution in [0.5, 0.6) is 0 Å². The first-order chi connectivity index (χ1) is 17.1. The lowest BCUT2D eigenvalue weighted by Gasteiger charge is -2.23. The van der Waals surface area contributed by atoms with Gasteiger partial charge >= 0.3 is 0 Å². The lowest BCUT2D eigenvalue weighted by Crippen LogP contribution is -2.11. The van der Waals surface area contributed by atoms with Crippen LogP contribution < -0.4 is 0 Å². The van der Waals surface area contributed by atoms with Crippen LogP contribution in [0.3, 0.4) is 0 Å². The molecule has 4 aromatic carbocycles. The summed E-state index contributed by atoms with van der Waals surface area (Å²) in [6.45, 7) is 13.9. The first-order valence-corrected chi connectivity index (χ1v) is 13.0. The summed E-state index contributed by atoms with van der Waals surface area (Å²) < 4.78 is 2.57. The third kappa shape index (κ3) is 2.94. The number of nitrogens with zero attached hydrogens (tertiary/aromatic N) is 2. The smallest absolute Gasteiger partial charge is 0.0823 e. The molecular weight excluding hydrogens is 436 g/mol. The maximum Gasteiger partial charge on any atom is 0.0823 e. The van der Waals surface area contributed by atoms with Crippen LogP contribution in [0.25, 0.3) is 59.8 Å². The molecule has 0 aliphatic heterocycles. The van der Waals surface area contributed by atoms with E-state index in [4.69, 9.17) is 4.98 Å². The molecule has 7 rings (SSSR count). The van der Waals surface area contributed by atoms with Crippen LogP contribution in [0.4, 0.5) is 0 Å². The zero-order chi connectivity index (χ0) is 25.0. The molecule has 36 heavy (non-hydrogen) atoms. The molecule has 0 amide bonds. The Morgan fingerprint density at radius 2 is 1.50 bits per heavy atom. The summed E-state index contributed by atoms with van der Waals surface area (Å²) >= 11 is 0. The molecule has 7 aromatic rings. The van der Waals surface area contributed by atoms with E-state index >= 15 is 0 Å². The van der Waals surface area contributed by atoms with E-state index in [-0.39, 0.29) is 10.8 Å². The highest BCUT2D eigenvalue weighted by atomic mass is 14.9. The van der Waals surface area contributed by atoms with Gasteiger partial charge in [-0.2, -0.15) is 0 Å². The highest BCUT2D eigenvalue weighted by Crippen LogP contribution is 2.44. The molecule has 178 valence electrons. The van der Waals surface area contributed by atoms with Crippen LogP contribution in [0.2, 0.25) is 0 Å². The maximum absolute atomic E-state index is 5.02. The van der Waals surface area contributed by atoms with Crippen molar-refractivity contribution in [2.75, 3.05) is 0 Å². The molecule has 0 atom stereocenters. The van der Waals surface area contributed by atoms with E-state index in [2.05, 4.69) is 113 Å². The van der Waals surface area contributed by atoms with Gasteiger partial charge < -0.3 is 4.40 Å². The van der Waals surface area contributed by atoms with Crippen LogP contribution in [-0.4, -0.2) is 9.38 Å². The van der Waals surface area contributed by atoms with E-state index in [1.54, 1.807) is 0 Å². The Bertz CT molecular complexity index is 1970. The lowest BCUT2D eigenvalue weighted by atomic mass is 9.84. The molecule has 0 unspecified atom stereocenters. The Labute approximate surface area is 211 Å². The largest absolute Gasteiger partial charge is 0.308 e. The quantitative estimate of drug-likeness (QED) is 0.173. The van der Waals surface area contributed by atoms with Crippen molar-refractivity contribution in [1.29, 1.82) is 0 Å². The summed E-state index contributed by atoms with van der Waals surface area (Å²) in [6, 6.07) is 25.1. The summed E-state index contributed by atoms with van der Waals surface area (Å²) in [5.74, 6) is 0. The molecule has 2 heteroatoms. The molecule has 0 N–H and O–H groups in total. The Morgan fingerprint density at radius 1 is 0.694 bits per heavy atom. The van der Waals surface area contributed by atoms with Crippen molar-refractivity contribution >= 4 is 59.8 Å². The molecule has 0 radical (unpaired) electrons. The van der Waals surface area contributed by atoms with Gasteiger partial charge in [-0.15, -0.1) is 0 Å². The van der Waals surface area contributed by atoms with Crippen LogP contribution in [0, 0.1) is 5.41 Å². The second-order valence-electron chi connectivity index (χ2n) is 12.7. The zero-order valence-electron chi connectivity index (χ0n) is 22.0. The molecular formula is C34H32N2. The van der Waals surface area contributed by atoms with Crippen LogP contribution in [0.15, 0.2) is 72.9 Å². The molecule has 0 fully saturated rings. The summed E-state index contributed by atoms with van der Waals surface area (Å²) in [5.41, 5.74) is 8.04. The van der Waals surface area contributed by atoms with E-state index in [9.17, 15) is 0 Å².